The minimum atomic E-state index is -1.05. The number of pyridine rings is 1. The predicted octanol–water partition coefficient (Wildman–Crippen LogP) is 1.43. The van der Waals surface area contributed by atoms with Gasteiger partial charge in [-0.3, -0.25) is 0 Å². The Bertz CT molecular complexity index is 527. The number of nitrogens with zero attached hydrogens (tertiary/aromatic N) is 2. The molecular weight excluding hydrogens is 240 g/mol. The van der Waals surface area contributed by atoms with Gasteiger partial charge in [-0.2, -0.15) is 0 Å². The summed E-state index contributed by atoms with van der Waals surface area (Å²) >= 11 is 1.52. The average Bonchev–Trinajstić information content (AvgIpc) is 2.80. The van der Waals surface area contributed by atoms with Crippen LogP contribution in [0.1, 0.15) is 15.4 Å². The number of nitrogens with two attached hydrogens (primary N) is 1. The predicted molar refractivity (Wildman–Crippen MR) is 65.0 cm³/mol. The first kappa shape index (κ1) is 11.3. The van der Waals surface area contributed by atoms with Crippen LogP contribution in [0.4, 0.5) is 11.5 Å². The third-order valence-corrected chi connectivity index (χ3v) is 2.83. The van der Waals surface area contributed by atoms with Crippen molar-refractivity contribution in [1.82, 2.24) is 9.97 Å². The van der Waals surface area contributed by atoms with Crippen molar-refractivity contribution in [2.24, 2.45) is 0 Å². The fourth-order valence-corrected chi connectivity index (χ4v) is 1.80. The zero-order chi connectivity index (χ0) is 12.3. The summed E-state index contributed by atoms with van der Waals surface area (Å²) in [5, 5.41) is 14.5. The van der Waals surface area contributed by atoms with Crippen LogP contribution in [0.2, 0.25) is 0 Å². The normalized spacial score (nSPS) is 10.1. The third-order valence-electron chi connectivity index (χ3n) is 2.05. The second-order valence-electron chi connectivity index (χ2n) is 3.25. The topological polar surface area (TPSA) is 101 Å². The van der Waals surface area contributed by atoms with Crippen LogP contribution in [0.25, 0.3) is 0 Å². The highest BCUT2D eigenvalue weighted by atomic mass is 32.1. The van der Waals surface area contributed by atoms with Crippen molar-refractivity contribution in [3.05, 3.63) is 34.4 Å². The highest BCUT2D eigenvalue weighted by Gasteiger charge is 2.07. The largest absolute Gasteiger partial charge is 0.478 e. The Kier molecular flexibility index (Phi) is 3.20. The maximum Gasteiger partial charge on any atom is 0.337 e. The minimum absolute atomic E-state index is 0.0716. The van der Waals surface area contributed by atoms with Gasteiger partial charge in [-0.05, 0) is 6.07 Å². The fourth-order valence-electron chi connectivity index (χ4n) is 1.25. The van der Waals surface area contributed by atoms with E-state index in [4.69, 9.17) is 10.8 Å². The summed E-state index contributed by atoms with van der Waals surface area (Å²) in [6.07, 6.45) is 2.98. The van der Waals surface area contributed by atoms with Crippen LogP contribution in [0.5, 0.6) is 0 Å². The lowest BCUT2D eigenvalue weighted by Gasteiger charge is -2.07. The van der Waals surface area contributed by atoms with Gasteiger partial charge >= 0.3 is 5.97 Å². The molecule has 4 N–H and O–H groups in total. The first-order valence-corrected chi connectivity index (χ1v) is 5.66. The number of carboxylic acids is 1. The van der Waals surface area contributed by atoms with Crippen LogP contribution in [0, 0.1) is 0 Å². The van der Waals surface area contributed by atoms with Crippen LogP contribution in [-0.2, 0) is 6.54 Å². The molecule has 0 atom stereocenters. The van der Waals surface area contributed by atoms with E-state index in [9.17, 15) is 4.79 Å². The minimum Gasteiger partial charge on any atom is -0.478 e. The molecule has 0 saturated carbocycles. The summed E-state index contributed by atoms with van der Waals surface area (Å²) in [4.78, 5) is 18.7. The van der Waals surface area contributed by atoms with E-state index in [0.29, 0.717) is 18.1 Å². The standard InChI is InChI=1S/C10H10N4O2S/c11-7-3-6(10(15)16)4-13-9(7)14-5-8-12-1-2-17-8/h1-4H,5,11H2,(H,13,14)(H,15,16). The number of carbonyl (C=O) groups is 1. The van der Waals surface area contributed by atoms with E-state index in [1.165, 1.54) is 23.6 Å². The molecule has 17 heavy (non-hydrogen) atoms. The van der Waals surface area contributed by atoms with Gasteiger partial charge in [0, 0.05) is 17.8 Å². The Morgan fingerprint density at radius 3 is 2.94 bits per heavy atom. The maximum absolute atomic E-state index is 10.7. The first-order chi connectivity index (χ1) is 8.16. The number of thiazole rings is 1. The molecule has 2 aromatic heterocycles. The number of nitrogen functional groups attached to an aromatic ring is 1. The smallest absolute Gasteiger partial charge is 0.337 e. The van der Waals surface area contributed by atoms with E-state index in [2.05, 4.69) is 15.3 Å². The lowest BCUT2D eigenvalue weighted by Crippen LogP contribution is -2.06. The Morgan fingerprint density at radius 2 is 2.35 bits per heavy atom. The number of anilines is 2. The van der Waals surface area contributed by atoms with Gasteiger partial charge in [0.2, 0.25) is 0 Å². The monoisotopic (exact) mass is 250 g/mol. The lowest BCUT2D eigenvalue weighted by molar-refractivity contribution is 0.0696. The van der Waals surface area contributed by atoms with Gasteiger partial charge in [0.1, 0.15) is 10.8 Å². The van der Waals surface area contributed by atoms with E-state index in [-0.39, 0.29) is 5.56 Å². The van der Waals surface area contributed by atoms with Gasteiger partial charge in [-0.15, -0.1) is 11.3 Å². The van der Waals surface area contributed by atoms with Crippen molar-refractivity contribution in [3.8, 4) is 0 Å². The van der Waals surface area contributed by atoms with Crippen LogP contribution >= 0.6 is 11.3 Å². The van der Waals surface area contributed by atoms with Gasteiger partial charge in [-0.1, -0.05) is 0 Å². The second-order valence-corrected chi connectivity index (χ2v) is 4.23. The van der Waals surface area contributed by atoms with Gasteiger partial charge in [0.25, 0.3) is 0 Å². The lowest BCUT2D eigenvalue weighted by atomic mass is 10.2. The molecule has 0 spiro atoms. The molecule has 0 saturated heterocycles. The molecule has 0 unspecified atom stereocenters. The van der Waals surface area contributed by atoms with Gasteiger partial charge in [-0.25, -0.2) is 14.8 Å². The quantitative estimate of drug-likeness (QED) is 0.758. The van der Waals surface area contributed by atoms with Crippen molar-refractivity contribution in [3.63, 3.8) is 0 Å². The van der Waals surface area contributed by atoms with Crippen molar-refractivity contribution < 1.29 is 9.90 Å². The van der Waals surface area contributed by atoms with Crippen LogP contribution in [-0.4, -0.2) is 21.0 Å². The molecule has 0 amide bonds. The van der Waals surface area contributed by atoms with Crippen molar-refractivity contribution in [1.29, 1.82) is 0 Å². The molecule has 88 valence electrons. The zero-order valence-corrected chi connectivity index (χ0v) is 9.57. The molecule has 0 fully saturated rings. The summed E-state index contributed by atoms with van der Waals surface area (Å²) < 4.78 is 0. The Hall–Kier alpha value is -2.15. The highest BCUT2D eigenvalue weighted by molar-refractivity contribution is 7.09. The Morgan fingerprint density at radius 1 is 1.53 bits per heavy atom. The SMILES string of the molecule is Nc1cc(C(=O)O)cnc1NCc1nccs1. The number of nitrogens with one attached hydrogen (secondary N) is 1. The number of rotatable bonds is 4. The van der Waals surface area contributed by atoms with Gasteiger partial charge < -0.3 is 16.2 Å². The molecule has 2 aromatic rings. The first-order valence-electron chi connectivity index (χ1n) is 4.78. The molecule has 6 nitrogen and oxygen atoms in total. The third kappa shape index (κ3) is 2.70. The van der Waals surface area contributed by atoms with Crippen LogP contribution in [0.15, 0.2) is 23.8 Å². The number of aromatic carboxylic acids is 1. The van der Waals surface area contributed by atoms with Gasteiger partial charge in [0.05, 0.1) is 17.8 Å². The molecule has 0 bridgehead atoms. The molecule has 0 radical (unpaired) electrons. The van der Waals surface area contributed by atoms with E-state index >= 15 is 0 Å². The molecule has 2 rings (SSSR count). The van der Waals surface area contributed by atoms with Crippen molar-refractivity contribution in [2.45, 2.75) is 6.54 Å². The summed E-state index contributed by atoms with van der Waals surface area (Å²) in [6.45, 7) is 0.515. The number of carboxylic acid groups (broad SMARTS) is 1. The molecule has 0 aliphatic heterocycles. The molecule has 0 aromatic carbocycles. The molecule has 2 heterocycles. The summed E-state index contributed by atoms with van der Waals surface area (Å²) in [5.74, 6) is -0.583. The maximum atomic E-state index is 10.7. The Labute approximate surface area is 101 Å². The molecule has 0 aliphatic carbocycles. The van der Waals surface area contributed by atoms with E-state index < -0.39 is 5.97 Å². The van der Waals surface area contributed by atoms with E-state index in [1.807, 2.05) is 5.38 Å². The zero-order valence-electron chi connectivity index (χ0n) is 8.75. The molecule has 0 aliphatic rings. The van der Waals surface area contributed by atoms with Crippen LogP contribution < -0.4 is 11.1 Å². The average molecular weight is 250 g/mol. The number of hydrogen-bond donors (Lipinski definition) is 3. The summed E-state index contributed by atoms with van der Waals surface area (Å²) in [5.41, 5.74) is 6.07. The van der Waals surface area contributed by atoms with Crippen molar-refractivity contribution >= 4 is 28.8 Å². The van der Waals surface area contributed by atoms with E-state index in [0.717, 1.165) is 5.01 Å². The second kappa shape index (κ2) is 4.79. The Balaban J connectivity index is 2.09. The summed E-state index contributed by atoms with van der Waals surface area (Å²) in [6, 6.07) is 1.37. The fraction of sp³-hybridized carbons (Fsp3) is 0.100. The number of aromatic nitrogens is 2. The van der Waals surface area contributed by atoms with Crippen LogP contribution in [0.3, 0.4) is 0 Å². The molecule has 7 heteroatoms. The summed E-state index contributed by atoms with van der Waals surface area (Å²) in [7, 11) is 0. The van der Waals surface area contributed by atoms with Crippen molar-refractivity contribution in [2.75, 3.05) is 11.1 Å². The highest BCUT2D eigenvalue weighted by Crippen LogP contribution is 2.17. The molecular formula is C10H10N4O2S. The van der Waals surface area contributed by atoms with Gasteiger partial charge in [0.15, 0.2) is 0 Å². The van der Waals surface area contributed by atoms with E-state index in [1.54, 1.807) is 6.20 Å². The number of hydrogen-bond acceptors (Lipinski definition) is 6.